The third-order valence-corrected chi connectivity index (χ3v) is 4.51. The molecule has 0 spiro atoms. The highest BCUT2D eigenvalue weighted by molar-refractivity contribution is 7.89. The van der Waals surface area contributed by atoms with Gasteiger partial charge in [-0.3, -0.25) is 10.1 Å². The number of hydrogen-bond acceptors (Lipinski definition) is 5. The van der Waals surface area contributed by atoms with Crippen molar-refractivity contribution in [3.63, 3.8) is 0 Å². The van der Waals surface area contributed by atoms with Crippen molar-refractivity contribution in [2.24, 2.45) is 0 Å². The van der Waals surface area contributed by atoms with Crippen molar-refractivity contribution in [3.05, 3.63) is 28.3 Å². The maximum Gasteiger partial charge on any atom is 0.402 e. The number of benzene rings is 1. The molecule has 0 saturated heterocycles. The Morgan fingerprint density at radius 1 is 1.38 bits per heavy atom. The number of nitrogens with zero attached hydrogens (tertiary/aromatic N) is 2. The molecule has 21 heavy (non-hydrogen) atoms. The molecular weight excluding hydrogens is 315 g/mol. The van der Waals surface area contributed by atoms with Crippen LogP contribution in [0.15, 0.2) is 23.1 Å². The van der Waals surface area contributed by atoms with Crippen LogP contribution in [0.25, 0.3) is 0 Å². The molecule has 0 aromatic heterocycles. The molecule has 1 aromatic rings. The van der Waals surface area contributed by atoms with Crippen molar-refractivity contribution in [3.8, 4) is 0 Å². The fraction of sp³-hybridized carbons (Fsp3) is 0.400. The molecule has 0 saturated carbocycles. The third kappa shape index (κ3) is 4.04. The van der Waals surface area contributed by atoms with Gasteiger partial charge in [-0.2, -0.15) is 17.5 Å². The van der Waals surface area contributed by atoms with Gasteiger partial charge in [-0.05, 0) is 6.07 Å². The number of nitro benzene ring substituents is 1. The van der Waals surface area contributed by atoms with Gasteiger partial charge in [-0.25, -0.2) is 8.42 Å². The minimum Gasteiger partial charge on any atom is -0.398 e. The van der Waals surface area contributed by atoms with Crippen LogP contribution in [0.4, 0.5) is 24.5 Å². The van der Waals surface area contributed by atoms with Crippen LogP contribution in [0.1, 0.15) is 6.92 Å². The largest absolute Gasteiger partial charge is 0.402 e. The number of nitrogens with two attached hydrogens (primary N) is 1. The lowest BCUT2D eigenvalue weighted by Crippen LogP contribution is -2.39. The van der Waals surface area contributed by atoms with Crippen LogP contribution in [-0.2, 0) is 10.0 Å². The Morgan fingerprint density at radius 2 is 1.95 bits per heavy atom. The number of hydrogen-bond donors (Lipinski definition) is 1. The monoisotopic (exact) mass is 327 g/mol. The van der Waals surface area contributed by atoms with E-state index in [4.69, 9.17) is 5.73 Å². The predicted octanol–water partition coefficient (Wildman–Crippen LogP) is 1.75. The second kappa shape index (κ2) is 5.85. The molecule has 118 valence electrons. The van der Waals surface area contributed by atoms with Crippen LogP contribution >= 0.6 is 0 Å². The SMILES string of the molecule is CCN(CC(F)(F)F)S(=O)(=O)c1cc([N+](=O)[O-])ccc1N. The van der Waals surface area contributed by atoms with Crippen molar-refractivity contribution in [1.82, 2.24) is 4.31 Å². The lowest BCUT2D eigenvalue weighted by molar-refractivity contribution is -0.385. The van der Waals surface area contributed by atoms with Gasteiger partial charge < -0.3 is 5.73 Å². The average Bonchev–Trinajstić information content (AvgIpc) is 2.34. The Hall–Kier alpha value is -1.88. The second-order valence-electron chi connectivity index (χ2n) is 4.03. The molecule has 11 heteroatoms. The van der Waals surface area contributed by atoms with Gasteiger partial charge in [0.15, 0.2) is 0 Å². The minimum absolute atomic E-state index is 0.155. The van der Waals surface area contributed by atoms with Gasteiger partial charge in [-0.15, -0.1) is 0 Å². The van der Waals surface area contributed by atoms with Gasteiger partial charge in [0.05, 0.1) is 10.6 Å². The molecule has 0 fully saturated rings. The van der Waals surface area contributed by atoms with Gasteiger partial charge in [0.25, 0.3) is 5.69 Å². The van der Waals surface area contributed by atoms with Gasteiger partial charge in [0, 0.05) is 18.7 Å². The number of rotatable bonds is 5. The van der Waals surface area contributed by atoms with Gasteiger partial charge in [0.1, 0.15) is 11.4 Å². The van der Waals surface area contributed by atoms with Crippen LogP contribution in [-0.4, -0.2) is 36.9 Å². The Morgan fingerprint density at radius 3 is 2.38 bits per heavy atom. The molecule has 0 aliphatic carbocycles. The summed E-state index contributed by atoms with van der Waals surface area (Å²) >= 11 is 0. The standard InChI is InChI=1S/C10H12F3N3O4S/c1-2-15(6-10(11,12)13)21(19,20)9-5-7(16(17)18)3-4-8(9)14/h3-5H,2,6,14H2,1H3. The number of nitrogen functional groups attached to an aromatic ring is 1. The molecule has 0 aliphatic heterocycles. The zero-order valence-corrected chi connectivity index (χ0v) is 11.6. The normalized spacial score (nSPS) is 12.6. The number of alkyl halides is 3. The topological polar surface area (TPSA) is 107 Å². The first kappa shape index (κ1) is 17.2. The summed E-state index contributed by atoms with van der Waals surface area (Å²) < 4.78 is 61.7. The summed E-state index contributed by atoms with van der Waals surface area (Å²) in [5.41, 5.74) is 4.48. The minimum atomic E-state index is -4.74. The quantitative estimate of drug-likeness (QED) is 0.504. The Bertz CT molecular complexity index is 645. The Kier molecular flexibility index (Phi) is 4.79. The summed E-state index contributed by atoms with van der Waals surface area (Å²) in [4.78, 5) is 9.05. The molecule has 0 atom stereocenters. The highest BCUT2D eigenvalue weighted by Gasteiger charge is 2.37. The molecule has 2 N–H and O–H groups in total. The van der Waals surface area contributed by atoms with Crippen LogP contribution < -0.4 is 5.73 Å². The molecule has 0 heterocycles. The van der Waals surface area contributed by atoms with Gasteiger partial charge >= 0.3 is 6.18 Å². The van der Waals surface area contributed by atoms with E-state index in [1.165, 1.54) is 6.92 Å². The number of sulfonamides is 1. The second-order valence-corrected chi connectivity index (χ2v) is 5.93. The van der Waals surface area contributed by atoms with E-state index in [0.29, 0.717) is 6.07 Å². The lowest BCUT2D eigenvalue weighted by Gasteiger charge is -2.22. The Labute approximate surface area is 118 Å². The fourth-order valence-electron chi connectivity index (χ4n) is 1.57. The highest BCUT2D eigenvalue weighted by atomic mass is 32.2. The third-order valence-electron chi connectivity index (χ3n) is 2.53. The molecule has 1 aromatic carbocycles. The average molecular weight is 327 g/mol. The first-order valence-electron chi connectivity index (χ1n) is 5.60. The van der Waals surface area contributed by atoms with Crippen LogP contribution in [0.5, 0.6) is 0 Å². The fourth-order valence-corrected chi connectivity index (χ4v) is 3.14. The van der Waals surface area contributed by atoms with Crippen LogP contribution in [0, 0.1) is 10.1 Å². The van der Waals surface area contributed by atoms with Gasteiger partial charge in [-0.1, -0.05) is 6.92 Å². The van der Waals surface area contributed by atoms with E-state index in [9.17, 15) is 31.7 Å². The Balaban J connectivity index is 3.35. The summed E-state index contributed by atoms with van der Waals surface area (Å²) in [6.07, 6.45) is -4.74. The molecule has 0 aliphatic rings. The first-order valence-corrected chi connectivity index (χ1v) is 7.04. The van der Waals surface area contributed by atoms with E-state index in [-0.39, 0.29) is 9.99 Å². The van der Waals surface area contributed by atoms with Gasteiger partial charge in [0.2, 0.25) is 10.0 Å². The summed E-state index contributed by atoms with van der Waals surface area (Å²) in [5, 5.41) is 10.6. The molecule has 0 bridgehead atoms. The van der Waals surface area contributed by atoms with Crippen molar-refractivity contribution >= 4 is 21.4 Å². The van der Waals surface area contributed by atoms with Crippen molar-refractivity contribution in [1.29, 1.82) is 0 Å². The molecule has 0 amide bonds. The van der Waals surface area contributed by atoms with Crippen molar-refractivity contribution in [2.75, 3.05) is 18.8 Å². The van der Waals surface area contributed by atoms with Crippen molar-refractivity contribution < 1.29 is 26.5 Å². The van der Waals surface area contributed by atoms with Crippen molar-refractivity contribution in [2.45, 2.75) is 18.0 Å². The maximum absolute atomic E-state index is 12.4. The first-order chi connectivity index (χ1) is 9.49. The molecule has 1 rings (SSSR count). The summed E-state index contributed by atoms with van der Waals surface area (Å²) in [7, 11) is -4.59. The highest BCUT2D eigenvalue weighted by Crippen LogP contribution is 2.28. The lowest BCUT2D eigenvalue weighted by atomic mass is 10.3. The smallest absolute Gasteiger partial charge is 0.398 e. The molecular formula is C10H12F3N3O4S. The number of non-ortho nitro benzene ring substituents is 1. The van der Waals surface area contributed by atoms with E-state index in [1.807, 2.05) is 0 Å². The summed E-state index contributed by atoms with van der Waals surface area (Å²) in [6, 6.07) is 2.57. The maximum atomic E-state index is 12.4. The zero-order chi connectivity index (χ0) is 16.4. The summed E-state index contributed by atoms with van der Waals surface area (Å²) in [6.45, 7) is -0.936. The number of anilines is 1. The van der Waals surface area contributed by atoms with Crippen LogP contribution in [0.3, 0.4) is 0 Å². The van der Waals surface area contributed by atoms with E-state index in [2.05, 4.69) is 0 Å². The molecule has 0 unspecified atom stereocenters. The van der Waals surface area contributed by atoms with E-state index in [1.54, 1.807) is 0 Å². The zero-order valence-electron chi connectivity index (χ0n) is 10.8. The summed E-state index contributed by atoms with van der Waals surface area (Å²) in [5.74, 6) is 0. The molecule has 7 nitrogen and oxygen atoms in total. The number of nitro groups is 1. The predicted molar refractivity (Wildman–Crippen MR) is 68.0 cm³/mol. The molecule has 0 radical (unpaired) electrons. The number of halogens is 3. The van der Waals surface area contributed by atoms with Crippen LogP contribution in [0.2, 0.25) is 0 Å². The van der Waals surface area contributed by atoms with E-state index >= 15 is 0 Å². The van der Waals surface area contributed by atoms with E-state index in [0.717, 1.165) is 12.1 Å². The van der Waals surface area contributed by atoms with E-state index < -0.39 is 44.8 Å².